The maximum Gasteiger partial charge on any atom is 0.0558 e. The fourth-order valence-electron chi connectivity index (χ4n) is 3.53. The van der Waals surface area contributed by atoms with Crippen molar-refractivity contribution in [2.75, 3.05) is 19.7 Å². The average Bonchev–Trinajstić information content (AvgIpc) is 2.88. The van der Waals surface area contributed by atoms with Gasteiger partial charge in [0.2, 0.25) is 0 Å². The molecule has 2 aromatic carbocycles. The first-order chi connectivity index (χ1) is 11.3. The molecule has 1 heterocycles. The molecular formula is C20H26N2O. The van der Waals surface area contributed by atoms with E-state index in [4.69, 9.17) is 0 Å². The number of aliphatic hydroxyl groups is 1. The van der Waals surface area contributed by atoms with Crippen LogP contribution in [-0.2, 0) is 13.1 Å². The molecule has 3 rings (SSSR count). The van der Waals surface area contributed by atoms with Gasteiger partial charge in [-0.3, -0.25) is 4.90 Å². The average molecular weight is 310 g/mol. The van der Waals surface area contributed by atoms with E-state index in [1.807, 2.05) is 0 Å². The van der Waals surface area contributed by atoms with Gasteiger partial charge in [0.1, 0.15) is 0 Å². The zero-order valence-electron chi connectivity index (χ0n) is 14.1. The van der Waals surface area contributed by atoms with Gasteiger partial charge in [-0.15, -0.1) is 0 Å². The molecule has 0 atom stereocenters. The standard InChI is InChI=1S/C20H26N2O/c1-3-11-21(12-13-23)15-16-9-10-20-18(14-16)17-7-5-6-8-19(17)22(20)4-2/h5-10,14,23H,3-4,11-13,15H2,1-2H3. The molecule has 3 nitrogen and oxygen atoms in total. The Labute approximate surface area is 138 Å². The molecule has 122 valence electrons. The summed E-state index contributed by atoms with van der Waals surface area (Å²) in [6, 6.07) is 15.4. The molecule has 0 spiro atoms. The van der Waals surface area contributed by atoms with Crippen LogP contribution in [0, 0.1) is 0 Å². The number of nitrogens with zero attached hydrogens (tertiary/aromatic N) is 2. The molecule has 0 unspecified atom stereocenters. The molecule has 0 bridgehead atoms. The highest BCUT2D eigenvalue weighted by atomic mass is 16.3. The van der Waals surface area contributed by atoms with E-state index in [9.17, 15) is 5.11 Å². The van der Waals surface area contributed by atoms with Gasteiger partial charge in [0.05, 0.1) is 6.61 Å². The fraction of sp³-hybridized carbons (Fsp3) is 0.400. The molecule has 1 N–H and O–H groups in total. The Bertz CT molecular complexity index is 785. The van der Waals surface area contributed by atoms with E-state index in [1.54, 1.807) is 0 Å². The summed E-state index contributed by atoms with van der Waals surface area (Å²) < 4.78 is 2.38. The molecule has 3 aromatic rings. The zero-order valence-corrected chi connectivity index (χ0v) is 14.1. The van der Waals surface area contributed by atoms with E-state index in [0.717, 1.165) is 32.6 Å². The number of fused-ring (bicyclic) bond motifs is 3. The molecule has 0 aliphatic carbocycles. The number of hydrogen-bond donors (Lipinski definition) is 1. The lowest BCUT2D eigenvalue weighted by atomic mass is 10.1. The predicted molar refractivity (Wildman–Crippen MR) is 97.8 cm³/mol. The summed E-state index contributed by atoms with van der Waals surface area (Å²) in [5.74, 6) is 0. The van der Waals surface area contributed by atoms with Gasteiger partial charge < -0.3 is 9.67 Å². The summed E-state index contributed by atoms with van der Waals surface area (Å²) in [4.78, 5) is 2.32. The number of hydrogen-bond acceptors (Lipinski definition) is 2. The number of rotatable bonds is 7. The highest BCUT2D eigenvalue weighted by Gasteiger charge is 2.11. The Morgan fingerprint density at radius 3 is 2.48 bits per heavy atom. The van der Waals surface area contributed by atoms with Gasteiger partial charge in [-0.1, -0.05) is 31.2 Å². The molecule has 0 fully saturated rings. The third kappa shape index (κ3) is 3.12. The number of benzene rings is 2. The van der Waals surface area contributed by atoms with Crippen LogP contribution in [0.15, 0.2) is 42.5 Å². The third-order valence-electron chi connectivity index (χ3n) is 4.52. The summed E-state index contributed by atoms with van der Waals surface area (Å²) in [6.45, 7) is 8.24. The lowest BCUT2D eigenvalue weighted by Crippen LogP contribution is -2.27. The first-order valence-corrected chi connectivity index (χ1v) is 8.61. The summed E-state index contributed by atoms with van der Waals surface area (Å²) in [5, 5.41) is 11.9. The van der Waals surface area contributed by atoms with E-state index < -0.39 is 0 Å². The van der Waals surface area contributed by atoms with Crippen LogP contribution in [0.25, 0.3) is 21.8 Å². The second kappa shape index (κ2) is 7.16. The Hall–Kier alpha value is -1.84. The topological polar surface area (TPSA) is 28.4 Å². The minimum absolute atomic E-state index is 0.220. The van der Waals surface area contributed by atoms with Crippen LogP contribution >= 0.6 is 0 Å². The fourth-order valence-corrected chi connectivity index (χ4v) is 3.53. The number of aryl methyl sites for hydroxylation is 1. The molecule has 23 heavy (non-hydrogen) atoms. The summed E-state index contributed by atoms with van der Waals surface area (Å²) in [5.41, 5.74) is 3.93. The molecule has 0 amide bonds. The van der Waals surface area contributed by atoms with E-state index in [-0.39, 0.29) is 6.61 Å². The molecule has 0 saturated carbocycles. The van der Waals surface area contributed by atoms with Crippen molar-refractivity contribution < 1.29 is 5.11 Å². The van der Waals surface area contributed by atoms with Crippen molar-refractivity contribution in [2.24, 2.45) is 0 Å². The second-order valence-corrected chi connectivity index (χ2v) is 6.11. The van der Waals surface area contributed by atoms with Gasteiger partial charge in [-0.2, -0.15) is 0 Å². The monoisotopic (exact) mass is 310 g/mol. The summed E-state index contributed by atoms with van der Waals surface area (Å²) >= 11 is 0. The van der Waals surface area contributed by atoms with Gasteiger partial charge in [0, 0.05) is 41.4 Å². The van der Waals surface area contributed by atoms with Crippen molar-refractivity contribution in [3.63, 3.8) is 0 Å². The minimum Gasteiger partial charge on any atom is -0.395 e. The highest BCUT2D eigenvalue weighted by Crippen LogP contribution is 2.29. The van der Waals surface area contributed by atoms with Crippen LogP contribution in [0.1, 0.15) is 25.8 Å². The Morgan fingerprint density at radius 1 is 0.957 bits per heavy atom. The van der Waals surface area contributed by atoms with Gasteiger partial charge >= 0.3 is 0 Å². The lowest BCUT2D eigenvalue weighted by Gasteiger charge is -2.20. The largest absolute Gasteiger partial charge is 0.395 e. The Morgan fingerprint density at radius 2 is 1.74 bits per heavy atom. The minimum atomic E-state index is 0.220. The lowest BCUT2D eigenvalue weighted by molar-refractivity contribution is 0.190. The van der Waals surface area contributed by atoms with Crippen molar-refractivity contribution in [1.29, 1.82) is 0 Å². The quantitative estimate of drug-likeness (QED) is 0.714. The van der Waals surface area contributed by atoms with E-state index in [0.29, 0.717) is 0 Å². The smallest absolute Gasteiger partial charge is 0.0558 e. The highest BCUT2D eigenvalue weighted by molar-refractivity contribution is 6.08. The summed E-state index contributed by atoms with van der Waals surface area (Å²) in [7, 11) is 0. The van der Waals surface area contributed by atoms with Crippen LogP contribution in [0.3, 0.4) is 0 Å². The van der Waals surface area contributed by atoms with Crippen molar-refractivity contribution in [3.8, 4) is 0 Å². The molecule has 1 aromatic heterocycles. The normalized spacial score (nSPS) is 11.8. The molecule has 0 radical (unpaired) electrons. The maximum atomic E-state index is 9.24. The first-order valence-electron chi connectivity index (χ1n) is 8.61. The van der Waals surface area contributed by atoms with Crippen LogP contribution in [0.2, 0.25) is 0 Å². The van der Waals surface area contributed by atoms with E-state index in [1.165, 1.54) is 27.4 Å². The Balaban J connectivity index is 2.03. The molecule has 0 saturated heterocycles. The van der Waals surface area contributed by atoms with Gasteiger partial charge in [0.25, 0.3) is 0 Å². The molecule has 0 aliphatic rings. The molecule has 3 heteroatoms. The molecule has 0 aliphatic heterocycles. The van der Waals surface area contributed by atoms with Crippen molar-refractivity contribution >= 4 is 21.8 Å². The predicted octanol–water partition coefficient (Wildman–Crippen LogP) is 4.02. The summed E-state index contributed by atoms with van der Waals surface area (Å²) in [6.07, 6.45) is 1.11. The van der Waals surface area contributed by atoms with Gasteiger partial charge in [-0.05, 0) is 43.7 Å². The van der Waals surface area contributed by atoms with Crippen LogP contribution < -0.4 is 0 Å². The second-order valence-electron chi connectivity index (χ2n) is 6.11. The van der Waals surface area contributed by atoms with Crippen molar-refractivity contribution in [1.82, 2.24) is 9.47 Å². The van der Waals surface area contributed by atoms with Gasteiger partial charge in [0.15, 0.2) is 0 Å². The van der Waals surface area contributed by atoms with E-state index >= 15 is 0 Å². The number of para-hydroxylation sites is 1. The number of aliphatic hydroxyl groups excluding tert-OH is 1. The van der Waals surface area contributed by atoms with E-state index in [2.05, 4.69) is 65.8 Å². The Kier molecular flexibility index (Phi) is 4.99. The first kappa shape index (κ1) is 16.0. The van der Waals surface area contributed by atoms with Gasteiger partial charge in [-0.25, -0.2) is 0 Å². The SMILES string of the molecule is CCCN(CCO)Cc1ccc2c(c1)c1ccccc1n2CC. The number of aromatic nitrogens is 1. The maximum absolute atomic E-state index is 9.24. The van der Waals surface area contributed by atoms with Crippen LogP contribution in [0.4, 0.5) is 0 Å². The zero-order chi connectivity index (χ0) is 16.2. The molecular weight excluding hydrogens is 284 g/mol. The van der Waals surface area contributed by atoms with Crippen molar-refractivity contribution in [2.45, 2.75) is 33.4 Å². The van der Waals surface area contributed by atoms with Crippen LogP contribution in [-0.4, -0.2) is 34.3 Å². The van der Waals surface area contributed by atoms with Crippen LogP contribution in [0.5, 0.6) is 0 Å². The van der Waals surface area contributed by atoms with Crippen molar-refractivity contribution in [3.05, 3.63) is 48.0 Å². The third-order valence-corrected chi connectivity index (χ3v) is 4.52.